The highest BCUT2D eigenvalue weighted by molar-refractivity contribution is 7.84. The van der Waals surface area contributed by atoms with E-state index in [0.717, 1.165) is 38.5 Å². The molecule has 2 aromatic carbocycles. The van der Waals surface area contributed by atoms with Gasteiger partial charge in [0.2, 0.25) is 0 Å². The highest BCUT2D eigenvalue weighted by atomic mass is 32.2. The Morgan fingerprint density at radius 3 is 2.43 bits per heavy atom. The van der Waals surface area contributed by atoms with Crippen molar-refractivity contribution in [1.82, 2.24) is 0 Å². The van der Waals surface area contributed by atoms with Crippen molar-refractivity contribution in [1.29, 1.82) is 0 Å². The Hall–Kier alpha value is -1.89. The van der Waals surface area contributed by atoms with E-state index in [4.69, 9.17) is 9.32 Å². The summed E-state index contributed by atoms with van der Waals surface area (Å²) in [5.74, 6) is 1.78. The van der Waals surface area contributed by atoms with Crippen molar-refractivity contribution in [3.05, 3.63) is 64.7 Å². The molecular weight excluding hydrogens is 458 g/mol. The Labute approximate surface area is 210 Å². The summed E-state index contributed by atoms with van der Waals surface area (Å²) in [4.78, 5) is 0. The highest BCUT2D eigenvalue weighted by Crippen LogP contribution is 2.65. The molecule has 6 heteroatoms. The van der Waals surface area contributed by atoms with Crippen LogP contribution in [0.4, 0.5) is 0 Å². The van der Waals surface area contributed by atoms with E-state index in [1.165, 1.54) is 22.3 Å². The molecule has 5 nitrogen and oxygen atoms in total. The summed E-state index contributed by atoms with van der Waals surface area (Å²) >= 11 is 0. The zero-order valence-electron chi connectivity index (χ0n) is 21.4. The predicted molar refractivity (Wildman–Crippen MR) is 139 cm³/mol. The Balaban J connectivity index is 1.36. The molecule has 3 N–H and O–H groups in total. The number of aliphatic hydroxyl groups is 1. The van der Waals surface area contributed by atoms with Crippen molar-refractivity contribution in [3.63, 3.8) is 0 Å². The molecule has 0 aliphatic heterocycles. The summed E-state index contributed by atoms with van der Waals surface area (Å²) < 4.78 is 27.6. The van der Waals surface area contributed by atoms with Crippen molar-refractivity contribution >= 4 is 10.3 Å². The first-order chi connectivity index (χ1) is 16.3. The minimum atomic E-state index is -4.02. The molecule has 2 fully saturated rings. The van der Waals surface area contributed by atoms with Crippen molar-refractivity contribution in [2.75, 3.05) is 0 Å². The van der Waals surface area contributed by atoms with Crippen LogP contribution in [0.15, 0.2) is 42.5 Å². The van der Waals surface area contributed by atoms with Gasteiger partial charge in [0, 0.05) is 6.42 Å². The fraction of sp³-hybridized carbons (Fsp3) is 0.586. The first kappa shape index (κ1) is 24.8. The number of benzene rings is 2. The van der Waals surface area contributed by atoms with Crippen LogP contribution in [0.3, 0.4) is 0 Å². The van der Waals surface area contributed by atoms with Crippen molar-refractivity contribution < 1.29 is 17.7 Å². The molecular formula is C29H39NO4S. The monoisotopic (exact) mass is 497 g/mol. The van der Waals surface area contributed by atoms with Crippen LogP contribution in [0.1, 0.15) is 88.0 Å². The lowest BCUT2D eigenvalue weighted by atomic mass is 9.53. The normalized spacial score (nSPS) is 32.5. The van der Waals surface area contributed by atoms with Gasteiger partial charge in [-0.15, -0.1) is 0 Å². The SMILES string of the molecule is CC(C)(C)c1ccc(C[C@]2(O)CC[C@H]3[C@@H]4CCc5cc(OS(N)(=O)=O)ccc5[C@H]4CC[C@@]32C)cc1. The molecule has 0 bridgehead atoms. The molecule has 190 valence electrons. The maximum atomic E-state index is 12.1. The van der Waals surface area contributed by atoms with Crippen LogP contribution >= 0.6 is 0 Å². The highest BCUT2D eigenvalue weighted by Gasteiger charge is 2.61. The van der Waals surface area contributed by atoms with Gasteiger partial charge in [0.1, 0.15) is 5.75 Å². The standard InChI is InChI=1S/C29H39NO4S/c1-27(2,3)21-8-5-19(6-9-21)18-29(31)16-14-26-25-11-7-20-17-22(34-35(30,32)33)10-12-23(20)24(25)13-15-28(26,29)4/h5-6,8-10,12,17,24-26,31H,7,11,13-16,18H2,1-4H3,(H2,30,32,33)/t24-,25-,26+,28+,29-/m1/s1. The third kappa shape index (κ3) is 4.42. The van der Waals surface area contributed by atoms with Gasteiger partial charge in [-0.05, 0) is 101 Å². The van der Waals surface area contributed by atoms with Crippen LogP contribution in [0.5, 0.6) is 5.75 Å². The lowest BCUT2D eigenvalue weighted by Gasteiger charge is -2.53. The third-order valence-electron chi connectivity index (χ3n) is 9.55. The van der Waals surface area contributed by atoms with Crippen LogP contribution in [0, 0.1) is 17.3 Å². The van der Waals surface area contributed by atoms with Gasteiger partial charge in [0.05, 0.1) is 5.60 Å². The van der Waals surface area contributed by atoms with E-state index in [0.29, 0.717) is 24.2 Å². The number of hydrogen-bond acceptors (Lipinski definition) is 4. The molecule has 2 saturated carbocycles. The summed E-state index contributed by atoms with van der Waals surface area (Å²) in [7, 11) is -4.02. The van der Waals surface area contributed by atoms with Crippen LogP contribution < -0.4 is 9.32 Å². The largest absolute Gasteiger partial charge is 0.389 e. The molecule has 2 aromatic rings. The molecule has 35 heavy (non-hydrogen) atoms. The van der Waals surface area contributed by atoms with E-state index in [1.54, 1.807) is 6.07 Å². The molecule has 0 saturated heterocycles. The quantitative estimate of drug-likeness (QED) is 0.592. The van der Waals surface area contributed by atoms with Crippen molar-refractivity contribution in [2.45, 2.75) is 89.6 Å². The second-order valence-corrected chi connectivity index (χ2v) is 13.7. The van der Waals surface area contributed by atoms with Gasteiger partial charge in [-0.25, -0.2) is 0 Å². The zero-order chi connectivity index (χ0) is 25.2. The van der Waals surface area contributed by atoms with Crippen LogP contribution in [-0.4, -0.2) is 19.1 Å². The maximum absolute atomic E-state index is 12.1. The van der Waals surface area contributed by atoms with Gasteiger partial charge in [-0.1, -0.05) is 58.0 Å². The van der Waals surface area contributed by atoms with Crippen LogP contribution in [0.2, 0.25) is 0 Å². The van der Waals surface area contributed by atoms with Gasteiger partial charge < -0.3 is 9.29 Å². The molecule has 3 aliphatic rings. The topological polar surface area (TPSA) is 89.6 Å². The minimum absolute atomic E-state index is 0.0922. The van der Waals surface area contributed by atoms with Crippen molar-refractivity contribution in [2.24, 2.45) is 22.4 Å². The number of aryl methyl sites for hydroxylation is 1. The second kappa shape index (κ2) is 8.32. The zero-order valence-corrected chi connectivity index (χ0v) is 22.2. The number of hydrogen-bond donors (Lipinski definition) is 2. The fourth-order valence-corrected chi connectivity index (χ4v) is 7.98. The average Bonchev–Trinajstić information content (AvgIpc) is 3.02. The first-order valence-corrected chi connectivity index (χ1v) is 14.4. The maximum Gasteiger partial charge on any atom is 0.380 e. The van der Waals surface area contributed by atoms with Gasteiger partial charge in [0.15, 0.2) is 0 Å². The molecule has 5 atom stereocenters. The van der Waals surface area contributed by atoms with Crippen LogP contribution in [-0.2, 0) is 28.6 Å². The van der Waals surface area contributed by atoms with E-state index in [2.05, 4.69) is 52.0 Å². The average molecular weight is 498 g/mol. The summed E-state index contributed by atoms with van der Waals surface area (Å²) in [6, 6.07) is 14.5. The Bertz CT molecular complexity index is 1220. The third-order valence-corrected chi connectivity index (χ3v) is 9.97. The Morgan fingerprint density at radius 2 is 1.77 bits per heavy atom. The van der Waals surface area contributed by atoms with Gasteiger partial charge in [0.25, 0.3) is 0 Å². The van der Waals surface area contributed by atoms with E-state index in [1.807, 2.05) is 12.1 Å². The van der Waals surface area contributed by atoms with E-state index < -0.39 is 15.9 Å². The number of rotatable bonds is 4. The second-order valence-electron chi connectivity index (χ2n) is 12.5. The van der Waals surface area contributed by atoms with Gasteiger partial charge >= 0.3 is 10.3 Å². The summed E-state index contributed by atoms with van der Waals surface area (Å²) in [6.45, 7) is 9.02. The Kier molecular flexibility index (Phi) is 5.89. The van der Waals surface area contributed by atoms with E-state index in [-0.39, 0.29) is 16.6 Å². The predicted octanol–water partition coefficient (Wildman–Crippen LogP) is 5.40. The summed E-state index contributed by atoms with van der Waals surface area (Å²) in [6.07, 6.45) is 6.65. The first-order valence-electron chi connectivity index (χ1n) is 13.0. The van der Waals surface area contributed by atoms with Gasteiger partial charge in [-0.3, -0.25) is 0 Å². The molecule has 0 unspecified atom stereocenters. The fourth-order valence-electron chi connectivity index (χ4n) is 7.61. The molecule has 5 rings (SSSR count). The summed E-state index contributed by atoms with van der Waals surface area (Å²) in [5.41, 5.74) is 4.39. The molecule has 3 aliphatic carbocycles. The van der Waals surface area contributed by atoms with E-state index >= 15 is 0 Å². The van der Waals surface area contributed by atoms with Gasteiger partial charge in [-0.2, -0.15) is 13.6 Å². The molecule has 0 amide bonds. The summed E-state index contributed by atoms with van der Waals surface area (Å²) in [5, 5.41) is 17.1. The Morgan fingerprint density at radius 1 is 1.06 bits per heavy atom. The minimum Gasteiger partial charge on any atom is -0.389 e. The molecule has 0 radical (unpaired) electrons. The lowest BCUT2D eigenvalue weighted by Crippen LogP contribution is -2.51. The molecule has 0 heterocycles. The van der Waals surface area contributed by atoms with Crippen LogP contribution in [0.25, 0.3) is 0 Å². The van der Waals surface area contributed by atoms with E-state index in [9.17, 15) is 13.5 Å². The number of nitrogens with two attached hydrogens (primary N) is 1. The molecule has 0 spiro atoms. The molecule has 0 aromatic heterocycles. The van der Waals surface area contributed by atoms with Crippen molar-refractivity contribution in [3.8, 4) is 5.75 Å². The smallest absolute Gasteiger partial charge is 0.380 e. The number of fused-ring (bicyclic) bond motifs is 5. The lowest BCUT2D eigenvalue weighted by molar-refractivity contribution is -0.102.